The van der Waals surface area contributed by atoms with E-state index in [2.05, 4.69) is 52.3 Å². The zero-order valence-corrected chi connectivity index (χ0v) is 26.3. The number of nitrogens with one attached hydrogen (secondary N) is 1. The molecule has 0 unspecified atom stereocenters. The number of anilines is 5. The standard InChI is InChI=1S/C34H40N6O4/c1-7-25-21-26(39-19-17-38(4)18-20-39)11-13-28(25)36-33-35-16-15-31(37-33)40(29-14-12-27(42-5)22-30(29)43-6)34(41)44-32-23(2)9-8-10-24(32)3/h8-16,21-22H,7,17-20H2,1-6H3,(H,35,36,37). The van der Waals surface area contributed by atoms with E-state index in [1.165, 1.54) is 10.6 Å². The Labute approximate surface area is 259 Å². The van der Waals surface area contributed by atoms with Crippen LogP contribution in [-0.4, -0.2) is 68.4 Å². The summed E-state index contributed by atoms with van der Waals surface area (Å²) in [6, 6.07) is 19.0. The second-order valence-corrected chi connectivity index (χ2v) is 10.8. The molecule has 1 aliphatic rings. The maximum absolute atomic E-state index is 13.9. The maximum Gasteiger partial charge on any atom is 0.425 e. The molecule has 0 spiro atoms. The second-order valence-electron chi connectivity index (χ2n) is 10.8. The van der Waals surface area contributed by atoms with Gasteiger partial charge < -0.3 is 29.3 Å². The lowest BCUT2D eigenvalue weighted by Crippen LogP contribution is -2.44. The van der Waals surface area contributed by atoms with Crippen molar-refractivity contribution in [3.05, 3.63) is 83.6 Å². The molecule has 1 amide bonds. The molecule has 2 heterocycles. The summed E-state index contributed by atoms with van der Waals surface area (Å²) < 4.78 is 17.0. The number of rotatable bonds is 9. The molecule has 1 aromatic heterocycles. The Bertz CT molecular complexity index is 1600. The lowest BCUT2D eigenvalue weighted by atomic mass is 10.1. The zero-order valence-electron chi connectivity index (χ0n) is 26.3. The van der Waals surface area contributed by atoms with E-state index in [0.29, 0.717) is 34.7 Å². The van der Waals surface area contributed by atoms with E-state index < -0.39 is 6.09 Å². The minimum atomic E-state index is -0.638. The van der Waals surface area contributed by atoms with Gasteiger partial charge in [-0.15, -0.1) is 0 Å². The van der Waals surface area contributed by atoms with E-state index >= 15 is 0 Å². The first kappa shape index (κ1) is 30.6. The van der Waals surface area contributed by atoms with Crippen molar-refractivity contribution in [3.63, 3.8) is 0 Å². The molecule has 230 valence electrons. The molecule has 0 saturated carbocycles. The number of ether oxygens (including phenoxy) is 3. The molecule has 10 nitrogen and oxygen atoms in total. The molecule has 44 heavy (non-hydrogen) atoms. The number of hydrogen-bond acceptors (Lipinski definition) is 9. The summed E-state index contributed by atoms with van der Waals surface area (Å²) in [4.78, 5) is 29.3. The van der Waals surface area contributed by atoms with Crippen LogP contribution in [0.3, 0.4) is 0 Å². The quantitative estimate of drug-likeness (QED) is 0.232. The van der Waals surface area contributed by atoms with Gasteiger partial charge in [0.2, 0.25) is 5.95 Å². The summed E-state index contributed by atoms with van der Waals surface area (Å²) in [6.45, 7) is 10.0. The fourth-order valence-corrected chi connectivity index (χ4v) is 5.29. The molecule has 1 saturated heterocycles. The molecule has 0 bridgehead atoms. The van der Waals surface area contributed by atoms with Crippen LogP contribution in [0, 0.1) is 13.8 Å². The number of aryl methyl sites for hydroxylation is 3. The van der Waals surface area contributed by atoms with E-state index in [1.54, 1.807) is 44.7 Å². The molecule has 1 N–H and O–H groups in total. The summed E-state index contributed by atoms with van der Waals surface area (Å²) >= 11 is 0. The number of hydrogen-bond donors (Lipinski definition) is 1. The molecule has 3 aromatic carbocycles. The summed E-state index contributed by atoms with van der Waals surface area (Å²) in [5.74, 6) is 2.17. The average Bonchev–Trinajstić information content (AvgIpc) is 3.04. The van der Waals surface area contributed by atoms with Gasteiger partial charge in [-0.25, -0.2) is 14.7 Å². The molecular weight excluding hydrogens is 556 g/mol. The number of carbonyl (C=O) groups excluding carboxylic acids is 1. The molecule has 10 heteroatoms. The number of amides is 1. The highest BCUT2D eigenvalue weighted by molar-refractivity contribution is 5.98. The van der Waals surface area contributed by atoms with E-state index in [0.717, 1.165) is 55.0 Å². The van der Waals surface area contributed by atoms with Gasteiger partial charge in [0.25, 0.3) is 0 Å². The third-order valence-corrected chi connectivity index (χ3v) is 7.86. The number of aromatic nitrogens is 2. The Kier molecular flexibility index (Phi) is 9.50. The SMILES string of the molecule is CCc1cc(N2CCN(C)CC2)ccc1Nc1nccc(N(C(=O)Oc2c(C)cccc2C)c2ccc(OC)cc2OC)n1. The summed E-state index contributed by atoms with van der Waals surface area (Å²) in [6.07, 6.45) is 1.81. The van der Waals surface area contributed by atoms with Gasteiger partial charge >= 0.3 is 6.09 Å². The van der Waals surface area contributed by atoms with Crippen LogP contribution in [0.5, 0.6) is 17.2 Å². The van der Waals surface area contributed by atoms with Gasteiger partial charge in [-0.1, -0.05) is 25.1 Å². The van der Waals surface area contributed by atoms with Crippen molar-refractivity contribution < 1.29 is 19.0 Å². The Morgan fingerprint density at radius 2 is 1.70 bits per heavy atom. The van der Waals surface area contributed by atoms with Crippen molar-refractivity contribution in [1.29, 1.82) is 0 Å². The Morgan fingerprint density at radius 3 is 2.39 bits per heavy atom. The van der Waals surface area contributed by atoms with Gasteiger partial charge in [0.1, 0.15) is 23.1 Å². The molecule has 5 rings (SSSR count). The average molecular weight is 597 g/mol. The molecule has 4 aromatic rings. The molecule has 0 aliphatic carbocycles. The first-order valence-corrected chi connectivity index (χ1v) is 14.8. The first-order chi connectivity index (χ1) is 21.3. The van der Waals surface area contributed by atoms with Crippen LogP contribution in [0.25, 0.3) is 0 Å². The molecule has 1 aliphatic heterocycles. The van der Waals surface area contributed by atoms with Gasteiger partial charge in [-0.3, -0.25) is 0 Å². The molecule has 1 fully saturated rings. The van der Waals surface area contributed by atoms with Gasteiger partial charge in [0.05, 0.1) is 19.9 Å². The highest BCUT2D eigenvalue weighted by Gasteiger charge is 2.27. The third kappa shape index (κ3) is 6.70. The topological polar surface area (TPSA) is 92.3 Å². The number of nitrogens with zero attached hydrogens (tertiary/aromatic N) is 5. The summed E-state index contributed by atoms with van der Waals surface area (Å²) in [5, 5.41) is 3.38. The molecular formula is C34H40N6O4. The van der Waals surface area contributed by atoms with Crippen molar-refractivity contribution in [3.8, 4) is 17.2 Å². The third-order valence-electron chi connectivity index (χ3n) is 7.86. The van der Waals surface area contributed by atoms with Gasteiger partial charge in [-0.05, 0) is 74.3 Å². The highest BCUT2D eigenvalue weighted by Crippen LogP contribution is 2.37. The largest absolute Gasteiger partial charge is 0.497 e. The van der Waals surface area contributed by atoms with Crippen molar-refractivity contribution in [2.75, 3.05) is 62.6 Å². The van der Waals surface area contributed by atoms with Gasteiger partial charge in [-0.2, -0.15) is 4.98 Å². The lowest BCUT2D eigenvalue weighted by Gasteiger charge is -2.34. The molecule has 0 atom stereocenters. The second kappa shape index (κ2) is 13.6. The fourth-order valence-electron chi connectivity index (χ4n) is 5.29. The predicted octanol–water partition coefficient (Wildman–Crippen LogP) is 6.51. The van der Waals surface area contributed by atoms with E-state index in [4.69, 9.17) is 19.2 Å². The van der Waals surface area contributed by atoms with Crippen molar-refractivity contribution >= 4 is 34.9 Å². The van der Waals surface area contributed by atoms with Crippen molar-refractivity contribution in [2.24, 2.45) is 0 Å². The normalized spacial score (nSPS) is 13.4. The van der Waals surface area contributed by atoms with Crippen LogP contribution in [0.2, 0.25) is 0 Å². The van der Waals surface area contributed by atoms with Crippen molar-refractivity contribution in [2.45, 2.75) is 27.2 Å². The first-order valence-electron chi connectivity index (χ1n) is 14.8. The molecule has 0 radical (unpaired) electrons. The minimum Gasteiger partial charge on any atom is -0.497 e. The maximum atomic E-state index is 13.9. The summed E-state index contributed by atoms with van der Waals surface area (Å²) in [7, 11) is 5.27. The number of carbonyl (C=O) groups is 1. The lowest BCUT2D eigenvalue weighted by molar-refractivity contribution is 0.209. The minimum absolute atomic E-state index is 0.314. The summed E-state index contributed by atoms with van der Waals surface area (Å²) in [5.41, 5.74) is 5.41. The monoisotopic (exact) mass is 596 g/mol. The van der Waals surface area contributed by atoms with Crippen LogP contribution >= 0.6 is 0 Å². The van der Waals surface area contributed by atoms with E-state index in [1.807, 2.05) is 32.0 Å². The smallest absolute Gasteiger partial charge is 0.425 e. The zero-order chi connectivity index (χ0) is 31.2. The number of benzene rings is 3. The van der Waals surface area contributed by atoms with Crippen LogP contribution in [0.4, 0.5) is 33.6 Å². The van der Waals surface area contributed by atoms with Crippen LogP contribution in [0.1, 0.15) is 23.6 Å². The Hall–Kier alpha value is -4.83. The number of para-hydroxylation sites is 1. The van der Waals surface area contributed by atoms with Gasteiger partial charge in [0, 0.05) is 55.9 Å². The predicted molar refractivity (Wildman–Crippen MR) is 174 cm³/mol. The van der Waals surface area contributed by atoms with E-state index in [-0.39, 0.29) is 0 Å². The van der Waals surface area contributed by atoms with Crippen LogP contribution in [0.15, 0.2) is 66.9 Å². The highest BCUT2D eigenvalue weighted by atomic mass is 16.6. The Morgan fingerprint density at radius 1 is 0.955 bits per heavy atom. The van der Waals surface area contributed by atoms with Crippen LogP contribution in [-0.2, 0) is 6.42 Å². The Balaban J connectivity index is 1.49. The van der Waals surface area contributed by atoms with Gasteiger partial charge in [0.15, 0.2) is 0 Å². The van der Waals surface area contributed by atoms with Crippen LogP contribution < -0.4 is 29.3 Å². The number of likely N-dealkylation sites (N-methyl/N-ethyl adjacent to an activating group) is 1. The number of piperazine rings is 1. The number of methoxy groups -OCH3 is 2. The van der Waals surface area contributed by atoms with E-state index in [9.17, 15) is 4.79 Å². The van der Waals surface area contributed by atoms with Crippen molar-refractivity contribution in [1.82, 2.24) is 14.9 Å². The fraction of sp³-hybridized carbons (Fsp3) is 0.324.